The van der Waals surface area contributed by atoms with Crippen LogP contribution in [-0.4, -0.2) is 23.5 Å². The molecule has 0 unspecified atom stereocenters. The van der Waals surface area contributed by atoms with Crippen molar-refractivity contribution in [3.05, 3.63) is 63.6 Å². The molecule has 9 heteroatoms. The number of carbonyl (C=O) groups excluding carboxylic acids is 2. The number of thiocarbonyl (C=S) groups is 1. The zero-order valence-electron chi connectivity index (χ0n) is 13.6. The molecule has 0 aromatic heterocycles. The highest BCUT2D eigenvalue weighted by Gasteiger charge is 2.12. The average Bonchev–Trinajstić information content (AvgIpc) is 2.60. The van der Waals surface area contributed by atoms with Gasteiger partial charge in [0.1, 0.15) is 5.75 Å². The van der Waals surface area contributed by atoms with Crippen LogP contribution in [0.5, 0.6) is 5.75 Å². The number of hydrazine groups is 1. The van der Waals surface area contributed by atoms with Crippen molar-refractivity contribution in [2.75, 3.05) is 6.61 Å². The van der Waals surface area contributed by atoms with Crippen LogP contribution in [0.3, 0.4) is 0 Å². The van der Waals surface area contributed by atoms with Gasteiger partial charge in [0.2, 0.25) is 0 Å². The fourth-order valence-electron chi connectivity index (χ4n) is 1.93. The van der Waals surface area contributed by atoms with Gasteiger partial charge in [0, 0.05) is 10.6 Å². The fraction of sp³-hybridized carbons (Fsp3) is 0.118. The fourth-order valence-corrected chi connectivity index (χ4v) is 2.57. The van der Waals surface area contributed by atoms with E-state index in [4.69, 9.17) is 40.2 Å². The van der Waals surface area contributed by atoms with Crippen LogP contribution >= 0.6 is 35.4 Å². The van der Waals surface area contributed by atoms with Crippen LogP contribution in [0.2, 0.25) is 10.0 Å². The number of halogens is 2. The van der Waals surface area contributed by atoms with Gasteiger partial charge >= 0.3 is 0 Å². The number of amides is 2. The van der Waals surface area contributed by atoms with E-state index in [1.54, 1.807) is 24.3 Å². The highest BCUT2D eigenvalue weighted by molar-refractivity contribution is 7.80. The van der Waals surface area contributed by atoms with E-state index in [0.717, 1.165) is 0 Å². The van der Waals surface area contributed by atoms with E-state index in [1.807, 2.05) is 6.92 Å². The lowest BCUT2D eigenvalue weighted by molar-refractivity contribution is 0.0934. The van der Waals surface area contributed by atoms with E-state index in [2.05, 4.69) is 16.2 Å². The van der Waals surface area contributed by atoms with Crippen molar-refractivity contribution in [2.45, 2.75) is 6.92 Å². The van der Waals surface area contributed by atoms with Gasteiger partial charge in [0.05, 0.1) is 17.2 Å². The van der Waals surface area contributed by atoms with Crippen LogP contribution in [0.15, 0.2) is 42.5 Å². The molecule has 6 nitrogen and oxygen atoms in total. The molecule has 0 aliphatic rings. The van der Waals surface area contributed by atoms with Gasteiger partial charge < -0.3 is 4.74 Å². The molecule has 0 aliphatic carbocycles. The van der Waals surface area contributed by atoms with E-state index in [-0.39, 0.29) is 15.7 Å². The second-order valence-electron chi connectivity index (χ2n) is 4.94. The molecule has 0 heterocycles. The van der Waals surface area contributed by atoms with Gasteiger partial charge in [-0.1, -0.05) is 23.2 Å². The summed E-state index contributed by atoms with van der Waals surface area (Å²) in [4.78, 5) is 24.2. The molecule has 0 spiro atoms. The topological polar surface area (TPSA) is 79.5 Å². The van der Waals surface area contributed by atoms with Gasteiger partial charge in [-0.3, -0.25) is 25.8 Å². The normalized spacial score (nSPS) is 9.96. The van der Waals surface area contributed by atoms with Gasteiger partial charge in [-0.05, 0) is 61.6 Å². The molecule has 0 fully saturated rings. The maximum Gasteiger partial charge on any atom is 0.271 e. The molecule has 0 saturated carbocycles. The minimum Gasteiger partial charge on any atom is -0.494 e. The zero-order valence-corrected chi connectivity index (χ0v) is 16.0. The van der Waals surface area contributed by atoms with Crippen molar-refractivity contribution in [3.8, 4) is 5.75 Å². The Labute approximate surface area is 165 Å². The van der Waals surface area contributed by atoms with Gasteiger partial charge in [0.15, 0.2) is 5.11 Å². The minimum absolute atomic E-state index is 0.0673. The third-order valence-electron chi connectivity index (χ3n) is 3.12. The summed E-state index contributed by atoms with van der Waals surface area (Å²) in [5.74, 6) is -0.287. The van der Waals surface area contributed by atoms with Crippen LogP contribution in [0.1, 0.15) is 27.6 Å². The zero-order chi connectivity index (χ0) is 19.1. The summed E-state index contributed by atoms with van der Waals surface area (Å²) in [7, 11) is 0. The summed E-state index contributed by atoms with van der Waals surface area (Å²) in [6.45, 7) is 2.41. The molecular weight excluding hydrogens is 397 g/mol. The maximum absolute atomic E-state index is 12.1. The molecule has 0 bridgehead atoms. The van der Waals surface area contributed by atoms with Crippen LogP contribution in [0.4, 0.5) is 0 Å². The third-order valence-corrected chi connectivity index (χ3v) is 3.87. The van der Waals surface area contributed by atoms with E-state index < -0.39 is 11.8 Å². The SMILES string of the molecule is CCOc1ccc(C(=O)NC(=S)NNC(=O)c2ccc(Cl)cc2Cl)cc1. The summed E-state index contributed by atoms with van der Waals surface area (Å²) in [6.07, 6.45) is 0. The molecule has 3 N–H and O–H groups in total. The van der Waals surface area contributed by atoms with E-state index >= 15 is 0 Å². The lowest BCUT2D eigenvalue weighted by Gasteiger charge is -2.12. The van der Waals surface area contributed by atoms with Gasteiger partial charge in [0.25, 0.3) is 11.8 Å². The molecule has 26 heavy (non-hydrogen) atoms. The Morgan fingerprint density at radius 2 is 1.73 bits per heavy atom. The highest BCUT2D eigenvalue weighted by Crippen LogP contribution is 2.20. The molecular formula is C17H15Cl2N3O3S. The number of hydrogen-bond donors (Lipinski definition) is 3. The largest absolute Gasteiger partial charge is 0.494 e. The Morgan fingerprint density at radius 3 is 2.35 bits per heavy atom. The Kier molecular flexibility index (Phi) is 7.20. The molecule has 0 saturated heterocycles. The monoisotopic (exact) mass is 411 g/mol. The van der Waals surface area contributed by atoms with Gasteiger partial charge in [-0.15, -0.1) is 0 Å². The number of rotatable bonds is 4. The number of hydrogen-bond acceptors (Lipinski definition) is 4. The molecule has 0 radical (unpaired) electrons. The lowest BCUT2D eigenvalue weighted by Crippen LogP contribution is -2.48. The summed E-state index contributed by atoms with van der Waals surface area (Å²) >= 11 is 16.7. The van der Waals surface area contributed by atoms with E-state index in [1.165, 1.54) is 18.2 Å². The van der Waals surface area contributed by atoms with Gasteiger partial charge in [-0.25, -0.2) is 0 Å². The lowest BCUT2D eigenvalue weighted by atomic mass is 10.2. The van der Waals surface area contributed by atoms with Gasteiger partial charge in [-0.2, -0.15) is 0 Å². The Bertz CT molecular complexity index is 829. The molecule has 2 aromatic rings. The smallest absolute Gasteiger partial charge is 0.271 e. The van der Waals surface area contributed by atoms with Crippen molar-refractivity contribution in [3.63, 3.8) is 0 Å². The quantitative estimate of drug-likeness (QED) is 0.530. The van der Waals surface area contributed by atoms with Crippen LogP contribution in [0, 0.1) is 0 Å². The average molecular weight is 412 g/mol. The second kappa shape index (κ2) is 9.38. The standard InChI is InChI=1S/C17H15Cl2N3O3S/c1-2-25-12-6-3-10(4-7-12)15(23)20-17(26)22-21-16(24)13-8-5-11(18)9-14(13)19/h3-9H,2H2,1H3,(H,21,24)(H2,20,22,23,26). The van der Waals surface area contributed by atoms with Crippen LogP contribution in [0.25, 0.3) is 0 Å². The van der Waals surface area contributed by atoms with Crippen molar-refractivity contribution in [1.29, 1.82) is 0 Å². The Balaban J connectivity index is 1.87. The molecule has 2 aromatic carbocycles. The summed E-state index contributed by atoms with van der Waals surface area (Å²) < 4.78 is 5.31. The molecule has 0 atom stereocenters. The third kappa shape index (κ3) is 5.59. The summed E-state index contributed by atoms with van der Waals surface area (Å²) in [5.41, 5.74) is 5.39. The first-order valence-electron chi connectivity index (χ1n) is 7.50. The van der Waals surface area contributed by atoms with E-state index in [0.29, 0.717) is 22.9 Å². The van der Waals surface area contributed by atoms with Crippen molar-refractivity contribution >= 4 is 52.3 Å². The number of nitrogens with one attached hydrogen (secondary N) is 3. The second-order valence-corrected chi connectivity index (χ2v) is 6.20. The molecule has 136 valence electrons. The summed E-state index contributed by atoms with van der Waals surface area (Å²) in [5, 5.41) is 2.99. The highest BCUT2D eigenvalue weighted by atomic mass is 35.5. The van der Waals surface area contributed by atoms with Crippen molar-refractivity contribution in [1.82, 2.24) is 16.2 Å². The molecule has 0 aliphatic heterocycles. The first kappa shape index (κ1) is 20.0. The Morgan fingerprint density at radius 1 is 1.04 bits per heavy atom. The van der Waals surface area contributed by atoms with Crippen molar-refractivity contribution in [2.24, 2.45) is 0 Å². The predicted octanol–water partition coefficient (Wildman–Crippen LogP) is 3.34. The van der Waals surface area contributed by atoms with Crippen LogP contribution in [-0.2, 0) is 0 Å². The Hall–Kier alpha value is -2.35. The predicted molar refractivity (Wildman–Crippen MR) is 105 cm³/mol. The number of ether oxygens (including phenoxy) is 1. The van der Waals surface area contributed by atoms with E-state index in [9.17, 15) is 9.59 Å². The molecule has 2 rings (SSSR count). The maximum atomic E-state index is 12.1. The number of benzene rings is 2. The first-order chi connectivity index (χ1) is 12.4. The molecule has 2 amide bonds. The first-order valence-corrected chi connectivity index (χ1v) is 8.66. The minimum atomic E-state index is -0.524. The number of carbonyl (C=O) groups is 2. The van der Waals surface area contributed by atoms with Crippen molar-refractivity contribution < 1.29 is 14.3 Å². The van der Waals surface area contributed by atoms with Crippen LogP contribution < -0.4 is 20.9 Å². The summed E-state index contributed by atoms with van der Waals surface area (Å²) in [6, 6.07) is 11.0.